The van der Waals surface area contributed by atoms with E-state index in [0.29, 0.717) is 0 Å². The topological polar surface area (TPSA) is 71.4 Å². The van der Waals surface area contributed by atoms with Gasteiger partial charge in [-0.15, -0.1) is 0 Å². The molecule has 0 aliphatic heterocycles. The van der Waals surface area contributed by atoms with Gasteiger partial charge in [-0.25, -0.2) is 8.42 Å². The third-order valence-corrected chi connectivity index (χ3v) is 4.05. The van der Waals surface area contributed by atoms with E-state index in [1.165, 1.54) is 6.26 Å². The lowest BCUT2D eigenvalue weighted by Gasteiger charge is -2.04. The van der Waals surface area contributed by atoms with Crippen LogP contribution in [0.2, 0.25) is 0 Å². The van der Waals surface area contributed by atoms with Gasteiger partial charge in [0.2, 0.25) is 0 Å². The lowest BCUT2D eigenvalue weighted by atomic mass is 10.0. The van der Waals surface area contributed by atoms with Gasteiger partial charge < -0.3 is 5.11 Å². The van der Waals surface area contributed by atoms with Gasteiger partial charge in [0.25, 0.3) is 0 Å². The van der Waals surface area contributed by atoms with E-state index in [9.17, 15) is 13.2 Å². The minimum absolute atomic E-state index is 0.00665. The van der Waals surface area contributed by atoms with Crippen LogP contribution in [0.3, 0.4) is 0 Å². The predicted molar refractivity (Wildman–Crippen MR) is 76.3 cm³/mol. The maximum absolute atomic E-state index is 11.4. The Kier molecular flexibility index (Phi) is 3.90. The molecule has 20 heavy (non-hydrogen) atoms. The summed E-state index contributed by atoms with van der Waals surface area (Å²) >= 11 is 0. The second-order valence-electron chi connectivity index (χ2n) is 4.56. The summed E-state index contributed by atoms with van der Waals surface area (Å²) in [5.41, 5.74) is 2.53. The Morgan fingerprint density at radius 3 is 1.80 bits per heavy atom. The third kappa shape index (κ3) is 3.45. The van der Waals surface area contributed by atoms with E-state index < -0.39 is 15.8 Å². The summed E-state index contributed by atoms with van der Waals surface area (Å²) in [5, 5.41) is 8.70. The lowest BCUT2D eigenvalue weighted by Crippen LogP contribution is -1.99. The average molecular weight is 290 g/mol. The summed E-state index contributed by atoms with van der Waals surface area (Å²) in [6.45, 7) is 0. The monoisotopic (exact) mass is 290 g/mol. The van der Waals surface area contributed by atoms with E-state index in [0.717, 1.165) is 16.7 Å². The van der Waals surface area contributed by atoms with Crippen LogP contribution in [0.5, 0.6) is 0 Å². The van der Waals surface area contributed by atoms with E-state index in [-0.39, 0.29) is 11.3 Å². The van der Waals surface area contributed by atoms with Crippen molar-refractivity contribution in [2.75, 3.05) is 6.26 Å². The largest absolute Gasteiger partial charge is 0.481 e. The van der Waals surface area contributed by atoms with Gasteiger partial charge in [-0.3, -0.25) is 4.79 Å². The lowest BCUT2D eigenvalue weighted by molar-refractivity contribution is -0.136. The Morgan fingerprint density at radius 2 is 1.40 bits per heavy atom. The van der Waals surface area contributed by atoms with Crippen LogP contribution >= 0.6 is 0 Å². The fraction of sp³-hybridized carbons (Fsp3) is 0.133. The first-order valence-corrected chi connectivity index (χ1v) is 7.86. The molecule has 0 unspecified atom stereocenters. The Labute approximate surface area is 117 Å². The number of benzene rings is 2. The normalized spacial score (nSPS) is 11.2. The molecule has 2 aromatic rings. The van der Waals surface area contributed by atoms with E-state index in [2.05, 4.69) is 0 Å². The molecule has 4 nitrogen and oxygen atoms in total. The molecule has 104 valence electrons. The van der Waals surface area contributed by atoms with Crippen LogP contribution in [0.25, 0.3) is 11.1 Å². The maximum atomic E-state index is 11.4. The first-order chi connectivity index (χ1) is 9.36. The second kappa shape index (κ2) is 5.46. The highest BCUT2D eigenvalue weighted by atomic mass is 32.2. The van der Waals surface area contributed by atoms with Crippen molar-refractivity contribution >= 4 is 15.8 Å². The molecule has 0 saturated heterocycles. The SMILES string of the molecule is CS(=O)(=O)c1ccc(-c2ccc(CC(=O)O)cc2)cc1. The Bertz CT molecular complexity index is 713. The number of hydrogen-bond donors (Lipinski definition) is 1. The molecular formula is C15H14O4S. The minimum Gasteiger partial charge on any atom is -0.481 e. The molecule has 0 heterocycles. The van der Waals surface area contributed by atoms with E-state index >= 15 is 0 Å². The highest BCUT2D eigenvalue weighted by Crippen LogP contribution is 2.22. The molecular weight excluding hydrogens is 276 g/mol. The van der Waals surface area contributed by atoms with Crippen LogP contribution in [-0.4, -0.2) is 25.7 Å². The molecule has 0 fully saturated rings. The van der Waals surface area contributed by atoms with E-state index in [4.69, 9.17) is 5.11 Å². The summed E-state index contributed by atoms with van der Waals surface area (Å²) in [6.07, 6.45) is 1.16. The fourth-order valence-electron chi connectivity index (χ4n) is 1.88. The molecule has 2 rings (SSSR count). The Balaban J connectivity index is 2.26. The molecule has 5 heteroatoms. The second-order valence-corrected chi connectivity index (χ2v) is 6.58. The summed E-state index contributed by atoms with van der Waals surface area (Å²) < 4.78 is 22.7. The number of carboxylic acid groups (broad SMARTS) is 1. The zero-order chi connectivity index (χ0) is 14.8. The smallest absolute Gasteiger partial charge is 0.307 e. The van der Waals surface area contributed by atoms with Crippen LogP contribution in [0.15, 0.2) is 53.4 Å². The number of sulfone groups is 1. The first kappa shape index (κ1) is 14.3. The quantitative estimate of drug-likeness (QED) is 0.938. The summed E-state index contributed by atoms with van der Waals surface area (Å²) in [6, 6.07) is 13.8. The zero-order valence-electron chi connectivity index (χ0n) is 10.9. The summed E-state index contributed by atoms with van der Waals surface area (Å²) in [7, 11) is -3.19. The van der Waals surface area contributed by atoms with E-state index in [1.54, 1.807) is 36.4 Å². The highest BCUT2D eigenvalue weighted by molar-refractivity contribution is 7.90. The number of aliphatic carboxylic acids is 1. The molecule has 0 amide bonds. The zero-order valence-corrected chi connectivity index (χ0v) is 11.7. The van der Waals surface area contributed by atoms with Crippen molar-refractivity contribution in [3.8, 4) is 11.1 Å². The number of rotatable bonds is 4. The molecule has 0 bridgehead atoms. The van der Waals surface area contributed by atoms with Crippen molar-refractivity contribution in [2.45, 2.75) is 11.3 Å². The van der Waals surface area contributed by atoms with Gasteiger partial charge in [-0.1, -0.05) is 36.4 Å². The van der Waals surface area contributed by atoms with Crippen molar-refractivity contribution in [3.63, 3.8) is 0 Å². The van der Waals surface area contributed by atoms with Gasteiger partial charge in [-0.05, 0) is 28.8 Å². The summed E-state index contributed by atoms with van der Waals surface area (Å²) in [4.78, 5) is 10.9. The third-order valence-electron chi connectivity index (χ3n) is 2.93. The van der Waals surface area contributed by atoms with Crippen molar-refractivity contribution < 1.29 is 18.3 Å². The van der Waals surface area contributed by atoms with Crippen LogP contribution in [0.1, 0.15) is 5.56 Å². The minimum atomic E-state index is -3.19. The molecule has 1 N–H and O–H groups in total. The van der Waals surface area contributed by atoms with Crippen LogP contribution in [-0.2, 0) is 21.1 Å². The molecule has 2 aromatic carbocycles. The summed E-state index contributed by atoms with van der Waals surface area (Å²) in [5.74, 6) is -0.866. The standard InChI is InChI=1S/C15H14O4S/c1-20(18,19)14-8-6-13(7-9-14)12-4-2-11(3-5-12)10-15(16)17/h2-9H,10H2,1H3,(H,16,17). The number of hydrogen-bond acceptors (Lipinski definition) is 3. The number of carbonyl (C=O) groups is 1. The maximum Gasteiger partial charge on any atom is 0.307 e. The molecule has 0 aliphatic rings. The van der Waals surface area contributed by atoms with Gasteiger partial charge in [0.1, 0.15) is 0 Å². The highest BCUT2D eigenvalue weighted by Gasteiger charge is 2.07. The van der Waals surface area contributed by atoms with Crippen LogP contribution in [0.4, 0.5) is 0 Å². The van der Waals surface area contributed by atoms with Crippen molar-refractivity contribution in [1.82, 2.24) is 0 Å². The number of carboxylic acids is 1. The van der Waals surface area contributed by atoms with Gasteiger partial charge in [0.15, 0.2) is 9.84 Å². The molecule has 0 atom stereocenters. The van der Waals surface area contributed by atoms with E-state index in [1.807, 2.05) is 12.1 Å². The van der Waals surface area contributed by atoms with Gasteiger partial charge in [0.05, 0.1) is 11.3 Å². The molecule has 0 saturated carbocycles. The Morgan fingerprint density at radius 1 is 0.950 bits per heavy atom. The molecule has 0 aromatic heterocycles. The van der Waals surface area contributed by atoms with Crippen LogP contribution in [0, 0.1) is 0 Å². The Hall–Kier alpha value is -2.14. The van der Waals surface area contributed by atoms with Gasteiger partial charge in [-0.2, -0.15) is 0 Å². The molecule has 0 spiro atoms. The predicted octanol–water partition coefficient (Wildman–Crippen LogP) is 2.38. The molecule has 0 radical (unpaired) electrons. The van der Waals surface area contributed by atoms with Crippen molar-refractivity contribution in [3.05, 3.63) is 54.1 Å². The van der Waals surface area contributed by atoms with Gasteiger partial charge >= 0.3 is 5.97 Å². The molecule has 0 aliphatic carbocycles. The first-order valence-electron chi connectivity index (χ1n) is 5.97. The van der Waals surface area contributed by atoms with Crippen molar-refractivity contribution in [1.29, 1.82) is 0 Å². The van der Waals surface area contributed by atoms with Crippen molar-refractivity contribution in [2.24, 2.45) is 0 Å². The van der Waals surface area contributed by atoms with Gasteiger partial charge in [0, 0.05) is 6.26 Å². The average Bonchev–Trinajstić information content (AvgIpc) is 2.38. The fourth-order valence-corrected chi connectivity index (χ4v) is 2.51. The van der Waals surface area contributed by atoms with Crippen LogP contribution < -0.4 is 0 Å².